The van der Waals surface area contributed by atoms with Crippen LogP contribution in [0.5, 0.6) is 0 Å². The third kappa shape index (κ3) is 10.6. The molecule has 0 fully saturated rings. The first-order valence-corrected chi connectivity index (χ1v) is 24.8. The number of rotatable bonds is 14. The minimum absolute atomic E-state index is 1.11. The number of aryl methyl sites for hydroxylation is 4. The van der Waals surface area contributed by atoms with Crippen LogP contribution in [-0.2, 0) is 0 Å². The van der Waals surface area contributed by atoms with Crippen LogP contribution in [0.3, 0.4) is 0 Å². The summed E-state index contributed by atoms with van der Waals surface area (Å²) in [5, 5.41) is 0. The van der Waals surface area contributed by atoms with Gasteiger partial charge in [-0.15, -0.1) is 0 Å². The highest BCUT2D eigenvalue weighted by Gasteiger charge is 2.19. The van der Waals surface area contributed by atoms with Crippen molar-refractivity contribution in [3.05, 3.63) is 322 Å². The van der Waals surface area contributed by atoms with Crippen molar-refractivity contribution < 1.29 is 0 Å². The molecule has 348 valence electrons. The predicted molar refractivity (Wildman–Crippen MR) is 310 cm³/mol. The first-order chi connectivity index (χ1) is 35.4. The van der Waals surface area contributed by atoms with Gasteiger partial charge in [0, 0.05) is 22.7 Å². The van der Waals surface area contributed by atoms with E-state index in [9.17, 15) is 0 Å². The number of anilines is 6. The number of hydrogen-bond donors (Lipinski definition) is 0. The lowest BCUT2D eigenvalue weighted by Gasteiger charge is -2.29. The molecule has 72 heavy (non-hydrogen) atoms. The Morgan fingerprint density at radius 3 is 0.736 bits per heavy atom. The molecule has 0 N–H and O–H groups in total. The Labute approximate surface area is 426 Å². The fourth-order valence-corrected chi connectivity index (χ4v) is 9.70. The first-order valence-electron chi connectivity index (χ1n) is 24.8. The van der Waals surface area contributed by atoms with Crippen LogP contribution in [0.15, 0.2) is 255 Å². The van der Waals surface area contributed by atoms with Crippen LogP contribution in [0.4, 0.5) is 34.1 Å². The molecule has 2 nitrogen and oxygen atoms in total. The summed E-state index contributed by atoms with van der Waals surface area (Å²) in [7, 11) is 0. The van der Waals surface area contributed by atoms with Crippen LogP contribution in [0.1, 0.15) is 66.8 Å². The lowest BCUT2D eigenvalue weighted by molar-refractivity contribution is 1.22. The van der Waals surface area contributed by atoms with Crippen LogP contribution in [-0.4, -0.2) is 0 Å². The maximum Gasteiger partial charge on any atom is 0.0519 e. The molecular formula is C70H58N2. The molecule has 0 spiro atoms. The molecule has 0 saturated carbocycles. The van der Waals surface area contributed by atoms with Crippen LogP contribution in [0, 0.1) is 27.7 Å². The summed E-state index contributed by atoms with van der Waals surface area (Å²) in [6, 6.07) is 91.3. The highest BCUT2D eigenvalue weighted by molar-refractivity contribution is 5.93. The molecule has 10 rings (SSSR count). The molecule has 0 aliphatic heterocycles. The topological polar surface area (TPSA) is 6.48 Å². The predicted octanol–water partition coefficient (Wildman–Crippen LogP) is 19.2. The summed E-state index contributed by atoms with van der Waals surface area (Å²) in [5.41, 5.74) is 23.4. The van der Waals surface area contributed by atoms with Crippen LogP contribution in [0.25, 0.3) is 35.5 Å². The van der Waals surface area contributed by atoms with Gasteiger partial charge < -0.3 is 9.80 Å². The average Bonchev–Trinajstić information content (AvgIpc) is 3.43. The van der Waals surface area contributed by atoms with Gasteiger partial charge in [-0.1, -0.05) is 218 Å². The lowest BCUT2D eigenvalue weighted by atomic mass is 9.95. The Balaban J connectivity index is 0.914. The molecule has 0 unspecified atom stereocenters. The Bertz CT molecular complexity index is 3120. The van der Waals surface area contributed by atoms with Crippen molar-refractivity contribution in [1.29, 1.82) is 0 Å². The van der Waals surface area contributed by atoms with E-state index in [-0.39, 0.29) is 0 Å². The van der Waals surface area contributed by atoms with Gasteiger partial charge in [0.15, 0.2) is 0 Å². The van der Waals surface area contributed by atoms with E-state index in [0.717, 1.165) is 45.0 Å². The van der Waals surface area contributed by atoms with Gasteiger partial charge in [-0.05, 0) is 166 Å². The second kappa shape index (κ2) is 21.8. The van der Waals surface area contributed by atoms with Crippen LogP contribution in [0.2, 0.25) is 0 Å². The SMILES string of the molecule is Cc1cccc(C)c1N(c1ccc(C=C(c2ccccc2)c2ccccc2)cc1)c1ccc(/C=C/c2ccc(N(c3ccc(C=C(c4ccccc4)c4ccccc4)cc3)c3c(C)cccc3C)cc2)cc1. The van der Waals surface area contributed by atoms with Gasteiger partial charge in [-0.25, -0.2) is 0 Å². The number of hydrogen-bond acceptors (Lipinski definition) is 2. The number of benzene rings is 10. The molecule has 0 aliphatic rings. The van der Waals surface area contributed by atoms with Crippen molar-refractivity contribution >= 4 is 69.6 Å². The van der Waals surface area contributed by atoms with Crippen LogP contribution < -0.4 is 9.80 Å². The summed E-state index contributed by atoms with van der Waals surface area (Å²) in [5.74, 6) is 0. The van der Waals surface area contributed by atoms with E-state index in [0.29, 0.717) is 0 Å². The van der Waals surface area contributed by atoms with Gasteiger partial charge in [-0.2, -0.15) is 0 Å². The monoisotopic (exact) mass is 926 g/mol. The Kier molecular flexibility index (Phi) is 14.1. The van der Waals surface area contributed by atoms with Gasteiger partial charge in [0.1, 0.15) is 0 Å². The average molecular weight is 927 g/mol. The lowest BCUT2D eigenvalue weighted by Crippen LogP contribution is -2.12. The molecule has 10 aromatic rings. The molecular weight excluding hydrogens is 869 g/mol. The van der Waals surface area contributed by atoms with Gasteiger partial charge in [0.25, 0.3) is 0 Å². The number of nitrogens with zero attached hydrogens (tertiary/aromatic N) is 2. The zero-order chi connectivity index (χ0) is 49.2. The van der Waals surface area contributed by atoms with Crippen molar-refractivity contribution in [3.8, 4) is 0 Å². The minimum Gasteiger partial charge on any atom is -0.310 e. The van der Waals surface area contributed by atoms with Crippen molar-refractivity contribution in [2.24, 2.45) is 0 Å². The van der Waals surface area contributed by atoms with Crippen molar-refractivity contribution in [2.45, 2.75) is 27.7 Å². The van der Waals surface area contributed by atoms with Crippen molar-refractivity contribution in [2.75, 3.05) is 9.80 Å². The zero-order valence-electron chi connectivity index (χ0n) is 41.5. The zero-order valence-corrected chi connectivity index (χ0v) is 41.5. The molecule has 0 amide bonds. The first kappa shape index (κ1) is 46.7. The third-order valence-electron chi connectivity index (χ3n) is 13.4. The summed E-state index contributed by atoms with van der Waals surface area (Å²) < 4.78 is 0. The maximum atomic E-state index is 2.39. The quantitative estimate of drug-likeness (QED) is 0.100. The molecule has 0 heterocycles. The van der Waals surface area contributed by atoms with E-state index in [1.165, 1.54) is 67.0 Å². The molecule has 0 radical (unpaired) electrons. The highest BCUT2D eigenvalue weighted by atomic mass is 15.2. The summed E-state index contributed by atoms with van der Waals surface area (Å²) in [4.78, 5) is 4.77. The molecule has 0 saturated heterocycles. The van der Waals surface area contributed by atoms with E-state index in [1.54, 1.807) is 0 Å². The van der Waals surface area contributed by atoms with E-state index in [2.05, 4.69) is 317 Å². The highest BCUT2D eigenvalue weighted by Crippen LogP contribution is 2.41. The fourth-order valence-electron chi connectivity index (χ4n) is 9.70. The van der Waals surface area contributed by atoms with E-state index in [4.69, 9.17) is 0 Å². The Hall–Kier alpha value is -8.98. The normalized spacial score (nSPS) is 11.0. The van der Waals surface area contributed by atoms with Gasteiger partial charge in [0.05, 0.1) is 11.4 Å². The summed E-state index contributed by atoms with van der Waals surface area (Å²) >= 11 is 0. The van der Waals surface area contributed by atoms with E-state index in [1.807, 2.05) is 0 Å². The minimum atomic E-state index is 1.11. The Morgan fingerprint density at radius 2 is 0.486 bits per heavy atom. The van der Waals surface area contributed by atoms with Crippen molar-refractivity contribution in [3.63, 3.8) is 0 Å². The largest absolute Gasteiger partial charge is 0.310 e. The van der Waals surface area contributed by atoms with Gasteiger partial charge in [-0.3, -0.25) is 0 Å². The molecule has 0 aromatic heterocycles. The molecule has 0 atom stereocenters. The fraction of sp³-hybridized carbons (Fsp3) is 0.0571. The molecule has 0 bridgehead atoms. The van der Waals surface area contributed by atoms with Gasteiger partial charge in [0.2, 0.25) is 0 Å². The summed E-state index contributed by atoms with van der Waals surface area (Å²) in [6.07, 6.45) is 8.99. The van der Waals surface area contributed by atoms with Crippen molar-refractivity contribution in [1.82, 2.24) is 0 Å². The van der Waals surface area contributed by atoms with Gasteiger partial charge >= 0.3 is 0 Å². The standard InChI is InChI=1S/C70H58N2/c1-51-19-17-20-52(2)69(51)71(65-45-37-57(38-46-65)49-67(59-23-9-5-10-24-59)60-25-11-6-12-26-60)63-41-33-55(34-42-63)31-32-56-35-43-64(44-36-56)72(70-53(3)21-18-22-54(70)4)66-47-39-58(40-48-66)50-68(61-27-13-7-14-28-61)62-29-15-8-16-30-62/h5-50H,1-4H3/b32-31+. The van der Waals surface area contributed by atoms with Crippen LogP contribution >= 0.6 is 0 Å². The van der Waals surface area contributed by atoms with E-state index < -0.39 is 0 Å². The Morgan fingerprint density at radius 1 is 0.250 bits per heavy atom. The molecule has 10 aromatic carbocycles. The smallest absolute Gasteiger partial charge is 0.0519 e. The molecule has 0 aliphatic carbocycles. The summed E-state index contributed by atoms with van der Waals surface area (Å²) in [6.45, 7) is 8.80. The number of para-hydroxylation sites is 2. The van der Waals surface area contributed by atoms with E-state index >= 15 is 0 Å². The molecule has 2 heteroatoms. The maximum absolute atomic E-state index is 2.39. The third-order valence-corrected chi connectivity index (χ3v) is 13.4. The second-order valence-corrected chi connectivity index (χ2v) is 18.4. The second-order valence-electron chi connectivity index (χ2n) is 18.4.